The van der Waals surface area contributed by atoms with Crippen LogP contribution in [-0.4, -0.2) is 4.98 Å². The van der Waals surface area contributed by atoms with Crippen molar-refractivity contribution in [2.75, 3.05) is 0 Å². The number of nitrogens with zero attached hydrogens (tertiary/aromatic N) is 2. The topological polar surface area (TPSA) is 29.9 Å². The first-order valence-corrected chi connectivity index (χ1v) is 11.7. The van der Waals surface area contributed by atoms with Gasteiger partial charge in [0.05, 0.1) is 11.3 Å². The van der Waals surface area contributed by atoms with Crippen molar-refractivity contribution in [1.29, 1.82) is 0 Å². The Balaban J connectivity index is 1.72. The minimum absolute atomic E-state index is 0.0944. The zero-order valence-electron chi connectivity index (χ0n) is 20.2. The Labute approximate surface area is 194 Å². The molecular formula is C30H29N2O+. The summed E-state index contributed by atoms with van der Waals surface area (Å²) in [6.45, 7) is 11.2. The van der Waals surface area contributed by atoms with Gasteiger partial charge in [-0.3, -0.25) is 4.98 Å². The molecule has 3 nitrogen and oxygen atoms in total. The Morgan fingerprint density at radius 3 is 2.39 bits per heavy atom. The van der Waals surface area contributed by atoms with Crippen molar-refractivity contribution in [2.24, 2.45) is 7.05 Å². The van der Waals surface area contributed by atoms with Crippen LogP contribution in [-0.2, 0) is 12.5 Å². The molecule has 0 radical (unpaired) electrons. The van der Waals surface area contributed by atoms with Crippen molar-refractivity contribution >= 4 is 21.9 Å². The van der Waals surface area contributed by atoms with Gasteiger partial charge in [0.15, 0.2) is 6.20 Å². The fraction of sp³-hybridized carbons (Fsp3) is 0.267. The molecule has 1 aliphatic rings. The van der Waals surface area contributed by atoms with Crippen molar-refractivity contribution in [1.82, 2.24) is 4.98 Å². The summed E-state index contributed by atoms with van der Waals surface area (Å²) in [4.78, 5) is 4.80. The number of pyridine rings is 2. The molecule has 0 aliphatic heterocycles. The number of fused-ring (bicyclic) bond motifs is 7. The second kappa shape index (κ2) is 6.77. The van der Waals surface area contributed by atoms with E-state index in [2.05, 4.69) is 94.9 Å². The highest BCUT2D eigenvalue weighted by atomic mass is 16.3. The Bertz CT molecular complexity index is 1590. The summed E-state index contributed by atoms with van der Waals surface area (Å²) in [5, 5.41) is 2.31. The molecule has 6 rings (SSSR count). The van der Waals surface area contributed by atoms with E-state index in [-0.39, 0.29) is 5.41 Å². The highest BCUT2D eigenvalue weighted by molar-refractivity contribution is 6.14. The zero-order chi connectivity index (χ0) is 23.1. The van der Waals surface area contributed by atoms with Gasteiger partial charge in [0.2, 0.25) is 5.69 Å². The van der Waals surface area contributed by atoms with Gasteiger partial charge in [0.1, 0.15) is 18.2 Å². The van der Waals surface area contributed by atoms with Gasteiger partial charge in [-0.25, -0.2) is 4.57 Å². The van der Waals surface area contributed by atoms with Gasteiger partial charge >= 0.3 is 0 Å². The first-order valence-electron chi connectivity index (χ1n) is 11.7. The average Bonchev–Trinajstić information content (AvgIpc) is 3.27. The summed E-state index contributed by atoms with van der Waals surface area (Å²) in [5.74, 6) is 0.466. The molecule has 0 atom stereocenters. The summed E-state index contributed by atoms with van der Waals surface area (Å²) in [6, 6.07) is 17.7. The molecule has 3 heterocycles. The average molecular weight is 434 g/mol. The predicted octanol–water partition coefficient (Wildman–Crippen LogP) is 7.21. The maximum Gasteiger partial charge on any atom is 0.216 e. The van der Waals surface area contributed by atoms with E-state index < -0.39 is 0 Å². The standard InChI is InChI=1S/C30H29N2O/c1-17(2)19-13-15-32(6)24(16-19)25-18(3)9-10-20-21-11-12-22-26(29(21)33-28(20)25)27-23(30(22,4)5)8-7-14-31-27/h7-17H,1-6H3/q+1. The number of aromatic nitrogens is 2. The molecule has 0 unspecified atom stereocenters. The molecule has 0 saturated heterocycles. The molecule has 0 spiro atoms. The third kappa shape index (κ3) is 2.68. The Morgan fingerprint density at radius 2 is 1.64 bits per heavy atom. The minimum atomic E-state index is -0.0944. The molecule has 5 aromatic rings. The minimum Gasteiger partial charge on any atom is -0.454 e. The molecule has 0 N–H and O–H groups in total. The van der Waals surface area contributed by atoms with Crippen LogP contribution in [0.1, 0.15) is 55.9 Å². The van der Waals surface area contributed by atoms with Crippen LogP contribution in [0.2, 0.25) is 0 Å². The summed E-state index contributed by atoms with van der Waals surface area (Å²) >= 11 is 0. The second-order valence-corrected chi connectivity index (χ2v) is 10.2. The van der Waals surface area contributed by atoms with Crippen LogP contribution >= 0.6 is 0 Å². The third-order valence-corrected chi connectivity index (χ3v) is 7.51. The number of rotatable bonds is 2. The van der Waals surface area contributed by atoms with Gasteiger partial charge in [-0.15, -0.1) is 0 Å². The van der Waals surface area contributed by atoms with E-state index in [4.69, 9.17) is 9.40 Å². The van der Waals surface area contributed by atoms with Gasteiger partial charge in [0, 0.05) is 40.1 Å². The number of furan rings is 1. The van der Waals surface area contributed by atoms with Crippen molar-refractivity contribution in [3.63, 3.8) is 0 Å². The largest absolute Gasteiger partial charge is 0.454 e. The van der Waals surface area contributed by atoms with Crippen LogP contribution in [0.3, 0.4) is 0 Å². The fourth-order valence-corrected chi connectivity index (χ4v) is 5.52. The summed E-state index contributed by atoms with van der Waals surface area (Å²) in [7, 11) is 2.11. The molecule has 0 amide bonds. The number of aryl methyl sites for hydroxylation is 2. The highest BCUT2D eigenvalue weighted by Gasteiger charge is 2.38. The first kappa shape index (κ1) is 20.2. The summed E-state index contributed by atoms with van der Waals surface area (Å²) in [5.41, 5.74) is 11.4. The van der Waals surface area contributed by atoms with Gasteiger partial charge in [-0.2, -0.15) is 0 Å². The molecule has 3 aromatic heterocycles. The Kier molecular flexibility index (Phi) is 4.14. The number of hydrogen-bond donors (Lipinski definition) is 0. The monoisotopic (exact) mass is 433 g/mol. The molecule has 3 heteroatoms. The summed E-state index contributed by atoms with van der Waals surface area (Å²) < 4.78 is 9.01. The lowest BCUT2D eigenvalue weighted by Crippen LogP contribution is -2.31. The van der Waals surface area contributed by atoms with E-state index in [0.29, 0.717) is 5.92 Å². The van der Waals surface area contributed by atoms with Crippen LogP contribution in [0.15, 0.2) is 65.3 Å². The molecular weight excluding hydrogens is 404 g/mol. The van der Waals surface area contributed by atoms with Crippen molar-refractivity contribution in [2.45, 2.75) is 46.0 Å². The Hall–Kier alpha value is -3.46. The van der Waals surface area contributed by atoms with Gasteiger partial charge in [-0.1, -0.05) is 58.0 Å². The molecule has 0 saturated carbocycles. The normalized spacial score (nSPS) is 14.3. The predicted molar refractivity (Wildman–Crippen MR) is 135 cm³/mol. The van der Waals surface area contributed by atoms with E-state index in [1.807, 2.05) is 12.3 Å². The maximum atomic E-state index is 6.81. The van der Waals surface area contributed by atoms with Crippen molar-refractivity contribution < 1.29 is 8.98 Å². The second-order valence-electron chi connectivity index (χ2n) is 10.2. The molecule has 2 aromatic carbocycles. The van der Waals surface area contributed by atoms with Crippen LogP contribution in [0, 0.1) is 6.92 Å². The Morgan fingerprint density at radius 1 is 0.909 bits per heavy atom. The van der Waals surface area contributed by atoms with Gasteiger partial charge < -0.3 is 4.42 Å². The lowest BCUT2D eigenvalue weighted by Gasteiger charge is -2.20. The highest BCUT2D eigenvalue weighted by Crippen LogP contribution is 2.52. The molecule has 0 fully saturated rings. The van der Waals surface area contributed by atoms with E-state index in [1.54, 1.807) is 0 Å². The van der Waals surface area contributed by atoms with E-state index >= 15 is 0 Å². The smallest absolute Gasteiger partial charge is 0.216 e. The van der Waals surface area contributed by atoms with Gasteiger partial charge in [0.25, 0.3) is 0 Å². The number of benzene rings is 2. The molecule has 0 bridgehead atoms. The quantitative estimate of drug-likeness (QED) is 0.275. The molecule has 164 valence electrons. The van der Waals surface area contributed by atoms with Crippen molar-refractivity contribution in [3.8, 4) is 22.5 Å². The lowest BCUT2D eigenvalue weighted by molar-refractivity contribution is -0.660. The molecule has 33 heavy (non-hydrogen) atoms. The van der Waals surface area contributed by atoms with Gasteiger partial charge in [-0.05, 0) is 41.2 Å². The lowest BCUT2D eigenvalue weighted by atomic mass is 9.82. The van der Waals surface area contributed by atoms with Crippen molar-refractivity contribution in [3.05, 3.63) is 83.2 Å². The summed E-state index contributed by atoms with van der Waals surface area (Å²) in [6.07, 6.45) is 4.05. The van der Waals surface area contributed by atoms with Crippen LogP contribution < -0.4 is 4.57 Å². The number of hydrogen-bond acceptors (Lipinski definition) is 2. The van der Waals surface area contributed by atoms with E-state index in [9.17, 15) is 0 Å². The van der Waals surface area contributed by atoms with Crippen LogP contribution in [0.4, 0.5) is 0 Å². The van der Waals surface area contributed by atoms with E-state index in [0.717, 1.165) is 33.2 Å². The maximum absolute atomic E-state index is 6.81. The van der Waals surface area contributed by atoms with E-state index in [1.165, 1.54) is 33.5 Å². The fourth-order valence-electron chi connectivity index (χ4n) is 5.52. The third-order valence-electron chi connectivity index (χ3n) is 7.51. The van der Waals surface area contributed by atoms with Crippen LogP contribution in [0.5, 0.6) is 0 Å². The zero-order valence-corrected chi connectivity index (χ0v) is 20.2. The first-order chi connectivity index (χ1) is 15.8. The SMILES string of the molecule is Cc1ccc2c(oc3c4c(ccc32)C(C)(C)c2cccnc2-4)c1-c1cc(C(C)C)cc[n+]1C. The molecule has 1 aliphatic carbocycles. The van der Waals surface area contributed by atoms with Crippen LogP contribution in [0.25, 0.3) is 44.5 Å².